The first kappa shape index (κ1) is 15.5. The third kappa shape index (κ3) is 4.56. The van der Waals surface area contributed by atoms with E-state index in [-0.39, 0.29) is 23.7 Å². The summed E-state index contributed by atoms with van der Waals surface area (Å²) in [5.41, 5.74) is 1.08. The lowest BCUT2D eigenvalue weighted by Gasteiger charge is -2.15. The molecule has 0 heterocycles. The summed E-state index contributed by atoms with van der Waals surface area (Å²) in [5, 5.41) is 22.0. The van der Waals surface area contributed by atoms with Crippen molar-refractivity contribution in [2.75, 3.05) is 6.54 Å². The van der Waals surface area contributed by atoms with E-state index >= 15 is 0 Å². The monoisotopic (exact) mass is 265 g/mol. The van der Waals surface area contributed by atoms with Crippen molar-refractivity contribution in [2.45, 2.75) is 39.7 Å². The fourth-order valence-electron chi connectivity index (χ4n) is 2.09. The molecule has 1 amide bonds. The number of nitrogens with one attached hydrogen (secondary N) is 1. The molecule has 0 aromatic heterocycles. The summed E-state index contributed by atoms with van der Waals surface area (Å²) in [7, 11) is 0. The molecule has 0 fully saturated rings. The second-order valence-corrected chi connectivity index (χ2v) is 5.07. The van der Waals surface area contributed by atoms with Crippen LogP contribution in [-0.2, 0) is 6.42 Å². The molecule has 0 aliphatic carbocycles. The van der Waals surface area contributed by atoms with Crippen molar-refractivity contribution in [1.29, 1.82) is 0 Å². The summed E-state index contributed by atoms with van der Waals surface area (Å²) in [6.07, 6.45) is 0.954. The number of para-hydroxylation sites is 1. The Hall–Kier alpha value is -1.55. The predicted molar refractivity (Wildman–Crippen MR) is 75.3 cm³/mol. The van der Waals surface area contributed by atoms with Gasteiger partial charge in [-0.2, -0.15) is 0 Å². The van der Waals surface area contributed by atoms with Gasteiger partial charge in [-0.15, -0.1) is 0 Å². The number of aromatic hydroxyl groups is 1. The van der Waals surface area contributed by atoms with E-state index in [1.165, 1.54) is 0 Å². The van der Waals surface area contributed by atoms with E-state index in [0.29, 0.717) is 24.9 Å². The number of hydrogen-bond acceptors (Lipinski definition) is 3. The van der Waals surface area contributed by atoms with E-state index in [0.717, 1.165) is 5.56 Å². The average Bonchev–Trinajstić information content (AvgIpc) is 2.35. The van der Waals surface area contributed by atoms with Crippen LogP contribution in [0.5, 0.6) is 5.75 Å². The molecular formula is C15H23NO3. The van der Waals surface area contributed by atoms with Crippen LogP contribution in [0.2, 0.25) is 0 Å². The molecule has 106 valence electrons. The zero-order valence-corrected chi connectivity index (χ0v) is 11.8. The summed E-state index contributed by atoms with van der Waals surface area (Å²) in [6.45, 7) is 6.12. The predicted octanol–water partition coefficient (Wildman–Crippen LogP) is 2.09. The van der Waals surface area contributed by atoms with Crippen molar-refractivity contribution in [3.8, 4) is 5.75 Å². The van der Waals surface area contributed by atoms with E-state index in [2.05, 4.69) is 5.32 Å². The molecule has 4 heteroatoms. The van der Waals surface area contributed by atoms with E-state index in [1.54, 1.807) is 19.1 Å². The van der Waals surface area contributed by atoms with Crippen LogP contribution in [0.15, 0.2) is 18.2 Å². The summed E-state index contributed by atoms with van der Waals surface area (Å²) in [4.78, 5) is 12.0. The molecule has 0 saturated heterocycles. The fourth-order valence-corrected chi connectivity index (χ4v) is 2.09. The fraction of sp³-hybridized carbons (Fsp3) is 0.533. The van der Waals surface area contributed by atoms with Crippen molar-refractivity contribution in [3.63, 3.8) is 0 Å². The second-order valence-electron chi connectivity index (χ2n) is 5.07. The van der Waals surface area contributed by atoms with Gasteiger partial charge in [0.15, 0.2) is 0 Å². The molecule has 1 rings (SSSR count). The van der Waals surface area contributed by atoms with Crippen LogP contribution in [0.4, 0.5) is 0 Å². The van der Waals surface area contributed by atoms with Crippen molar-refractivity contribution < 1.29 is 15.0 Å². The molecule has 19 heavy (non-hydrogen) atoms. The number of carbonyl (C=O) groups excluding carboxylic acids is 1. The molecule has 1 aromatic carbocycles. The lowest BCUT2D eigenvalue weighted by atomic mass is 10.0. The van der Waals surface area contributed by atoms with Gasteiger partial charge in [0.2, 0.25) is 0 Å². The first-order valence-corrected chi connectivity index (χ1v) is 6.72. The molecule has 4 nitrogen and oxygen atoms in total. The average molecular weight is 265 g/mol. The van der Waals surface area contributed by atoms with Crippen LogP contribution >= 0.6 is 0 Å². The van der Waals surface area contributed by atoms with Gasteiger partial charge < -0.3 is 15.5 Å². The molecule has 0 aliphatic heterocycles. The van der Waals surface area contributed by atoms with E-state index in [4.69, 9.17) is 0 Å². The number of phenolic OH excluding ortho intramolecular Hbond substituents is 1. The summed E-state index contributed by atoms with van der Waals surface area (Å²) in [5.74, 6) is -0.0172. The van der Waals surface area contributed by atoms with Crippen LogP contribution < -0.4 is 5.32 Å². The molecule has 2 atom stereocenters. The number of aryl methyl sites for hydroxylation is 1. The molecule has 0 radical (unpaired) electrons. The third-order valence-corrected chi connectivity index (χ3v) is 3.10. The number of benzene rings is 1. The van der Waals surface area contributed by atoms with Gasteiger partial charge in [0.1, 0.15) is 5.75 Å². The first-order chi connectivity index (χ1) is 8.95. The molecule has 0 spiro atoms. The molecule has 3 N–H and O–H groups in total. The smallest absolute Gasteiger partial charge is 0.255 e. The number of hydrogen-bond donors (Lipinski definition) is 3. The maximum atomic E-state index is 12.0. The highest BCUT2D eigenvalue weighted by Gasteiger charge is 2.14. The molecule has 1 aromatic rings. The Bertz CT molecular complexity index is 429. The molecule has 2 unspecified atom stereocenters. The number of phenols is 1. The Balaban J connectivity index is 2.64. The maximum Gasteiger partial charge on any atom is 0.255 e. The van der Waals surface area contributed by atoms with Gasteiger partial charge in [-0.1, -0.05) is 26.0 Å². The molecular weight excluding hydrogens is 242 g/mol. The summed E-state index contributed by atoms with van der Waals surface area (Å²) < 4.78 is 0. The lowest BCUT2D eigenvalue weighted by Crippen LogP contribution is -2.29. The van der Waals surface area contributed by atoms with Gasteiger partial charge >= 0.3 is 0 Å². The van der Waals surface area contributed by atoms with Crippen LogP contribution in [0.1, 0.15) is 43.1 Å². The zero-order valence-electron chi connectivity index (χ0n) is 11.8. The van der Waals surface area contributed by atoms with Crippen LogP contribution in [-0.4, -0.2) is 28.8 Å². The number of aliphatic hydroxyl groups is 1. The highest BCUT2D eigenvalue weighted by atomic mass is 16.3. The molecule has 0 bridgehead atoms. The SMILES string of the molecule is CCc1cccc(C(=O)NCC(C)CC(C)O)c1O. The lowest BCUT2D eigenvalue weighted by molar-refractivity contribution is 0.0936. The maximum absolute atomic E-state index is 12.0. The Labute approximate surface area is 114 Å². The largest absolute Gasteiger partial charge is 0.507 e. The molecule has 0 saturated carbocycles. The van der Waals surface area contributed by atoms with Gasteiger partial charge in [-0.3, -0.25) is 4.79 Å². The topological polar surface area (TPSA) is 69.6 Å². The van der Waals surface area contributed by atoms with Gasteiger partial charge in [-0.25, -0.2) is 0 Å². The second kappa shape index (κ2) is 7.14. The number of carbonyl (C=O) groups is 1. The van der Waals surface area contributed by atoms with Crippen molar-refractivity contribution >= 4 is 5.91 Å². The van der Waals surface area contributed by atoms with Crippen molar-refractivity contribution in [3.05, 3.63) is 29.3 Å². The van der Waals surface area contributed by atoms with Gasteiger partial charge in [0.05, 0.1) is 11.7 Å². The normalized spacial score (nSPS) is 13.9. The molecule has 0 aliphatic rings. The van der Waals surface area contributed by atoms with E-state index in [1.807, 2.05) is 19.9 Å². The Kier molecular flexibility index (Phi) is 5.83. The first-order valence-electron chi connectivity index (χ1n) is 6.72. The van der Waals surface area contributed by atoms with Crippen molar-refractivity contribution in [1.82, 2.24) is 5.32 Å². The highest BCUT2D eigenvalue weighted by Crippen LogP contribution is 2.22. The number of aliphatic hydroxyl groups excluding tert-OH is 1. The van der Waals surface area contributed by atoms with Crippen LogP contribution in [0.25, 0.3) is 0 Å². The van der Waals surface area contributed by atoms with Gasteiger partial charge in [0, 0.05) is 6.54 Å². The summed E-state index contributed by atoms with van der Waals surface area (Å²) in [6, 6.07) is 5.19. The Morgan fingerprint density at radius 1 is 1.37 bits per heavy atom. The van der Waals surface area contributed by atoms with Gasteiger partial charge in [-0.05, 0) is 37.3 Å². The van der Waals surface area contributed by atoms with Crippen molar-refractivity contribution in [2.24, 2.45) is 5.92 Å². The summed E-state index contributed by atoms with van der Waals surface area (Å²) >= 11 is 0. The minimum absolute atomic E-state index is 0.0608. The quantitative estimate of drug-likeness (QED) is 0.737. The highest BCUT2D eigenvalue weighted by molar-refractivity contribution is 5.97. The van der Waals surface area contributed by atoms with Crippen LogP contribution in [0, 0.1) is 5.92 Å². The Morgan fingerprint density at radius 2 is 2.05 bits per heavy atom. The standard InChI is InChI=1S/C15H23NO3/c1-4-12-6-5-7-13(14(12)18)15(19)16-9-10(2)8-11(3)17/h5-7,10-11,17-18H,4,8-9H2,1-3H3,(H,16,19). The van der Waals surface area contributed by atoms with Crippen LogP contribution in [0.3, 0.4) is 0 Å². The van der Waals surface area contributed by atoms with E-state index < -0.39 is 0 Å². The number of rotatable bonds is 6. The minimum atomic E-state index is -0.372. The van der Waals surface area contributed by atoms with Gasteiger partial charge in [0.25, 0.3) is 5.91 Å². The third-order valence-electron chi connectivity index (χ3n) is 3.10. The zero-order chi connectivity index (χ0) is 14.4. The Morgan fingerprint density at radius 3 is 2.63 bits per heavy atom. The van der Waals surface area contributed by atoms with E-state index in [9.17, 15) is 15.0 Å². The minimum Gasteiger partial charge on any atom is -0.507 e. The number of amides is 1.